The summed E-state index contributed by atoms with van der Waals surface area (Å²) in [6.45, 7) is 1.00. The molecule has 1 atom stereocenters. The van der Waals surface area contributed by atoms with E-state index in [0.29, 0.717) is 24.7 Å². The van der Waals surface area contributed by atoms with Crippen molar-refractivity contribution in [2.75, 3.05) is 38.9 Å². The lowest BCUT2D eigenvalue weighted by molar-refractivity contribution is -0.131. The number of hydrogen-bond acceptors (Lipinski definition) is 5. The second-order valence-corrected chi connectivity index (χ2v) is 5.56. The number of nitrogens with zero attached hydrogens (tertiary/aromatic N) is 1. The molecule has 0 bridgehead atoms. The maximum absolute atomic E-state index is 12.1. The number of para-hydroxylation sites is 2. The molecular formula is C14H20N2O3S. The van der Waals surface area contributed by atoms with Crippen LogP contribution >= 0.6 is 11.8 Å². The Morgan fingerprint density at radius 2 is 2.20 bits per heavy atom. The minimum absolute atomic E-state index is 0.0590. The molecule has 0 saturated carbocycles. The van der Waals surface area contributed by atoms with Gasteiger partial charge >= 0.3 is 0 Å². The fourth-order valence-corrected chi connectivity index (χ4v) is 2.89. The molecule has 0 radical (unpaired) electrons. The number of thioether (sulfide) groups is 1. The third kappa shape index (κ3) is 3.80. The van der Waals surface area contributed by atoms with Crippen molar-refractivity contribution in [2.45, 2.75) is 6.04 Å². The molecule has 0 aromatic heterocycles. The summed E-state index contributed by atoms with van der Waals surface area (Å²) < 4.78 is 10.9. The summed E-state index contributed by atoms with van der Waals surface area (Å²) in [5.74, 6) is 3.22. The molecule has 1 aliphatic heterocycles. The molecule has 1 fully saturated rings. The Balaban J connectivity index is 1.78. The van der Waals surface area contributed by atoms with Gasteiger partial charge in [-0.2, -0.15) is 0 Å². The first-order chi connectivity index (χ1) is 9.72. The highest BCUT2D eigenvalue weighted by molar-refractivity contribution is 7.99. The number of likely N-dealkylation sites (N-methyl/N-ethyl adjacent to an activating group) is 1. The number of nitrogens with one attached hydrogen (secondary N) is 1. The Bertz CT molecular complexity index is 450. The number of benzene rings is 1. The van der Waals surface area contributed by atoms with Crippen LogP contribution in [0.2, 0.25) is 0 Å². The van der Waals surface area contributed by atoms with Gasteiger partial charge in [-0.3, -0.25) is 10.1 Å². The highest BCUT2D eigenvalue weighted by Gasteiger charge is 2.25. The van der Waals surface area contributed by atoms with Crippen LogP contribution in [0.3, 0.4) is 0 Å². The van der Waals surface area contributed by atoms with E-state index in [1.54, 1.807) is 30.8 Å². The van der Waals surface area contributed by atoms with Crippen LogP contribution < -0.4 is 14.8 Å². The van der Waals surface area contributed by atoms with Gasteiger partial charge in [0, 0.05) is 18.7 Å². The van der Waals surface area contributed by atoms with Crippen LogP contribution in [-0.4, -0.2) is 55.8 Å². The summed E-state index contributed by atoms with van der Waals surface area (Å²) in [5.41, 5.74) is 0. The molecule has 1 aliphatic rings. The van der Waals surface area contributed by atoms with Gasteiger partial charge in [0.25, 0.3) is 0 Å². The van der Waals surface area contributed by atoms with Gasteiger partial charge in [0.1, 0.15) is 6.61 Å². The molecular weight excluding hydrogens is 276 g/mol. The molecule has 6 heteroatoms. The number of rotatable bonds is 6. The maximum Gasteiger partial charge on any atom is 0.240 e. The molecule has 0 unspecified atom stereocenters. The van der Waals surface area contributed by atoms with Crippen molar-refractivity contribution in [2.24, 2.45) is 0 Å². The Kier molecular flexibility index (Phi) is 5.55. The SMILES string of the molecule is COc1ccccc1OCCN(C)C(=O)[C@H]1CSCN1. The van der Waals surface area contributed by atoms with E-state index in [2.05, 4.69) is 5.32 Å². The smallest absolute Gasteiger partial charge is 0.240 e. The number of carbonyl (C=O) groups excluding carboxylic acids is 1. The minimum Gasteiger partial charge on any atom is -0.493 e. The molecule has 1 saturated heterocycles. The fourth-order valence-electron chi connectivity index (χ4n) is 1.96. The first kappa shape index (κ1) is 15.0. The van der Waals surface area contributed by atoms with E-state index in [-0.39, 0.29) is 11.9 Å². The van der Waals surface area contributed by atoms with E-state index >= 15 is 0 Å². The van der Waals surface area contributed by atoms with E-state index in [1.165, 1.54) is 0 Å². The van der Waals surface area contributed by atoms with Crippen LogP contribution in [-0.2, 0) is 4.79 Å². The van der Waals surface area contributed by atoms with E-state index in [4.69, 9.17) is 9.47 Å². The van der Waals surface area contributed by atoms with Crippen molar-refractivity contribution in [3.05, 3.63) is 24.3 Å². The van der Waals surface area contributed by atoms with Crippen molar-refractivity contribution < 1.29 is 14.3 Å². The van der Waals surface area contributed by atoms with Crippen LogP contribution in [0.25, 0.3) is 0 Å². The van der Waals surface area contributed by atoms with Crippen LogP contribution in [0, 0.1) is 0 Å². The summed E-state index contributed by atoms with van der Waals surface area (Å²) in [6, 6.07) is 7.44. The van der Waals surface area contributed by atoms with Crippen molar-refractivity contribution in [3.63, 3.8) is 0 Å². The number of methoxy groups -OCH3 is 1. The number of hydrogen-bond donors (Lipinski definition) is 1. The largest absolute Gasteiger partial charge is 0.493 e. The lowest BCUT2D eigenvalue weighted by Gasteiger charge is -2.21. The average Bonchev–Trinajstić information content (AvgIpc) is 3.01. The summed E-state index contributed by atoms with van der Waals surface area (Å²) in [5, 5.41) is 3.17. The lowest BCUT2D eigenvalue weighted by atomic mass is 10.3. The van der Waals surface area contributed by atoms with Gasteiger partial charge in [-0.05, 0) is 12.1 Å². The zero-order valence-electron chi connectivity index (χ0n) is 11.8. The second-order valence-electron chi connectivity index (χ2n) is 4.53. The molecule has 0 spiro atoms. The van der Waals surface area contributed by atoms with E-state index in [0.717, 1.165) is 11.6 Å². The Morgan fingerprint density at radius 1 is 1.45 bits per heavy atom. The molecule has 5 nitrogen and oxygen atoms in total. The van der Waals surface area contributed by atoms with Gasteiger partial charge in [0.15, 0.2) is 11.5 Å². The fraction of sp³-hybridized carbons (Fsp3) is 0.500. The predicted molar refractivity (Wildman–Crippen MR) is 80.4 cm³/mol. The Labute approximate surface area is 123 Å². The monoisotopic (exact) mass is 296 g/mol. The topological polar surface area (TPSA) is 50.8 Å². The molecule has 1 aromatic carbocycles. The van der Waals surface area contributed by atoms with Crippen LogP contribution in [0.1, 0.15) is 0 Å². The van der Waals surface area contributed by atoms with Crippen molar-refractivity contribution in [1.29, 1.82) is 0 Å². The van der Waals surface area contributed by atoms with Gasteiger partial charge < -0.3 is 14.4 Å². The Hall–Kier alpha value is -1.40. The van der Waals surface area contributed by atoms with E-state index in [9.17, 15) is 4.79 Å². The van der Waals surface area contributed by atoms with Gasteiger partial charge in [-0.15, -0.1) is 11.8 Å². The molecule has 1 amide bonds. The molecule has 110 valence electrons. The van der Waals surface area contributed by atoms with Crippen molar-refractivity contribution in [3.8, 4) is 11.5 Å². The summed E-state index contributed by atoms with van der Waals surface area (Å²) >= 11 is 1.75. The molecule has 0 aliphatic carbocycles. The van der Waals surface area contributed by atoms with Gasteiger partial charge in [-0.1, -0.05) is 12.1 Å². The normalized spacial score (nSPS) is 17.8. The first-order valence-corrected chi connectivity index (χ1v) is 7.69. The van der Waals surface area contributed by atoms with Crippen molar-refractivity contribution in [1.82, 2.24) is 10.2 Å². The van der Waals surface area contributed by atoms with Gasteiger partial charge in [0.05, 0.1) is 19.7 Å². The van der Waals surface area contributed by atoms with Crippen LogP contribution in [0.15, 0.2) is 24.3 Å². The number of amides is 1. The molecule has 2 rings (SSSR count). The van der Waals surface area contributed by atoms with Crippen LogP contribution in [0.4, 0.5) is 0 Å². The zero-order valence-corrected chi connectivity index (χ0v) is 12.6. The van der Waals surface area contributed by atoms with E-state index < -0.39 is 0 Å². The zero-order chi connectivity index (χ0) is 14.4. The van der Waals surface area contributed by atoms with E-state index in [1.807, 2.05) is 24.3 Å². The molecule has 1 heterocycles. The average molecular weight is 296 g/mol. The third-order valence-corrected chi connectivity index (χ3v) is 4.08. The minimum atomic E-state index is -0.0590. The maximum atomic E-state index is 12.1. The standard InChI is InChI=1S/C14H20N2O3S/c1-16(14(17)11-9-20-10-15-11)7-8-19-13-6-4-3-5-12(13)18-2/h3-6,11,15H,7-10H2,1-2H3/t11-/m1/s1. The van der Waals surface area contributed by atoms with Crippen molar-refractivity contribution >= 4 is 17.7 Å². The molecule has 1 aromatic rings. The Morgan fingerprint density at radius 3 is 2.85 bits per heavy atom. The highest BCUT2D eigenvalue weighted by Crippen LogP contribution is 2.25. The van der Waals surface area contributed by atoms with Gasteiger partial charge in [0.2, 0.25) is 5.91 Å². The van der Waals surface area contributed by atoms with Gasteiger partial charge in [-0.25, -0.2) is 0 Å². The molecule has 1 N–H and O–H groups in total. The number of carbonyl (C=O) groups is 1. The summed E-state index contributed by atoms with van der Waals surface area (Å²) in [7, 11) is 3.42. The highest BCUT2D eigenvalue weighted by atomic mass is 32.2. The molecule has 20 heavy (non-hydrogen) atoms. The predicted octanol–water partition coefficient (Wildman–Crippen LogP) is 1.19. The summed E-state index contributed by atoms with van der Waals surface area (Å²) in [4.78, 5) is 13.8. The second kappa shape index (κ2) is 7.40. The summed E-state index contributed by atoms with van der Waals surface area (Å²) in [6.07, 6.45) is 0. The number of ether oxygens (including phenoxy) is 2. The first-order valence-electron chi connectivity index (χ1n) is 6.54. The quantitative estimate of drug-likeness (QED) is 0.855. The third-order valence-electron chi connectivity index (χ3n) is 3.14. The van der Waals surface area contributed by atoms with Crippen LogP contribution in [0.5, 0.6) is 11.5 Å². The lowest BCUT2D eigenvalue weighted by Crippen LogP contribution is -2.44.